The third-order valence-electron chi connectivity index (χ3n) is 4.95. The maximum atomic E-state index is 12.6. The van der Waals surface area contributed by atoms with Crippen molar-refractivity contribution < 1.29 is 9.90 Å². The van der Waals surface area contributed by atoms with Gasteiger partial charge in [-0.15, -0.1) is 11.8 Å². The first kappa shape index (κ1) is 25.0. The number of aryl methyl sites for hydroxylation is 1. The van der Waals surface area contributed by atoms with Crippen molar-refractivity contribution in [3.63, 3.8) is 0 Å². The van der Waals surface area contributed by atoms with Crippen LogP contribution in [-0.4, -0.2) is 23.3 Å². The Kier molecular flexibility index (Phi) is 8.99. The highest BCUT2D eigenvalue weighted by Crippen LogP contribution is 2.42. The standard InChI is InChI=1S/C24H23Cl2IN2O2S/c1-14-10-15(11-20(27)23(14)31)8-9-29-22(30)13-32-24(17-4-2-3-5-19(17)26)18-12-16(25)6-7-21(18)28/h2-7,10-12,24,31H,8-9,13,28H2,1H3,(H,29,30). The van der Waals surface area contributed by atoms with E-state index in [1.54, 1.807) is 12.1 Å². The molecule has 0 saturated heterocycles. The minimum Gasteiger partial charge on any atom is -0.507 e. The largest absolute Gasteiger partial charge is 0.507 e. The molecule has 1 unspecified atom stereocenters. The topological polar surface area (TPSA) is 75.4 Å². The number of amides is 1. The Labute approximate surface area is 216 Å². The van der Waals surface area contributed by atoms with Crippen LogP contribution in [-0.2, 0) is 11.2 Å². The Morgan fingerprint density at radius 2 is 1.91 bits per heavy atom. The number of carbonyl (C=O) groups is 1. The van der Waals surface area contributed by atoms with Crippen LogP contribution in [0, 0.1) is 10.5 Å². The van der Waals surface area contributed by atoms with E-state index < -0.39 is 0 Å². The molecule has 1 amide bonds. The smallest absolute Gasteiger partial charge is 0.230 e. The fourth-order valence-electron chi connectivity index (χ4n) is 3.32. The number of carbonyl (C=O) groups excluding carboxylic acids is 1. The summed E-state index contributed by atoms with van der Waals surface area (Å²) in [5.41, 5.74) is 10.4. The van der Waals surface area contributed by atoms with Gasteiger partial charge in [0.1, 0.15) is 5.75 Å². The molecule has 0 aliphatic carbocycles. The number of nitrogens with two attached hydrogens (primary N) is 1. The van der Waals surface area contributed by atoms with E-state index in [1.807, 2.05) is 49.4 Å². The number of phenolic OH excluding ortho intramolecular Hbond substituents is 1. The summed E-state index contributed by atoms with van der Waals surface area (Å²) < 4.78 is 0.807. The molecule has 0 radical (unpaired) electrons. The summed E-state index contributed by atoms with van der Waals surface area (Å²) in [6.45, 7) is 2.38. The van der Waals surface area contributed by atoms with E-state index in [9.17, 15) is 9.90 Å². The number of rotatable bonds is 8. The van der Waals surface area contributed by atoms with Gasteiger partial charge in [-0.2, -0.15) is 0 Å². The van der Waals surface area contributed by atoms with Crippen molar-refractivity contribution in [2.75, 3.05) is 18.0 Å². The summed E-state index contributed by atoms with van der Waals surface area (Å²) >= 11 is 16.2. The Balaban J connectivity index is 1.66. The van der Waals surface area contributed by atoms with Gasteiger partial charge in [-0.05, 0) is 88.5 Å². The lowest BCUT2D eigenvalue weighted by Crippen LogP contribution is -2.27. The molecule has 0 aliphatic heterocycles. The van der Waals surface area contributed by atoms with Crippen molar-refractivity contribution in [1.29, 1.82) is 0 Å². The molecule has 3 rings (SSSR count). The van der Waals surface area contributed by atoms with Crippen molar-refractivity contribution in [3.05, 3.63) is 90.5 Å². The Morgan fingerprint density at radius 3 is 2.62 bits per heavy atom. The van der Waals surface area contributed by atoms with Crippen LogP contribution in [0.4, 0.5) is 5.69 Å². The first-order chi connectivity index (χ1) is 15.3. The lowest BCUT2D eigenvalue weighted by Gasteiger charge is -2.21. The van der Waals surface area contributed by atoms with Crippen LogP contribution in [0.1, 0.15) is 27.5 Å². The predicted molar refractivity (Wildman–Crippen MR) is 144 cm³/mol. The zero-order valence-electron chi connectivity index (χ0n) is 17.4. The quantitative estimate of drug-likeness (QED) is 0.207. The highest BCUT2D eigenvalue weighted by atomic mass is 127. The molecule has 1 atom stereocenters. The average molecular weight is 601 g/mol. The van der Waals surface area contributed by atoms with E-state index >= 15 is 0 Å². The minimum atomic E-state index is -0.227. The normalized spacial score (nSPS) is 11.9. The van der Waals surface area contributed by atoms with Crippen molar-refractivity contribution in [2.24, 2.45) is 0 Å². The average Bonchev–Trinajstić information content (AvgIpc) is 2.75. The number of anilines is 1. The van der Waals surface area contributed by atoms with Crippen molar-refractivity contribution in [2.45, 2.75) is 18.6 Å². The van der Waals surface area contributed by atoms with Gasteiger partial charge >= 0.3 is 0 Å². The van der Waals surface area contributed by atoms with E-state index in [0.717, 1.165) is 25.8 Å². The number of benzene rings is 3. The Hall–Kier alpha value is -1.61. The van der Waals surface area contributed by atoms with Crippen LogP contribution in [0.5, 0.6) is 5.75 Å². The summed E-state index contributed by atoms with van der Waals surface area (Å²) in [4.78, 5) is 12.6. The van der Waals surface area contributed by atoms with E-state index in [0.29, 0.717) is 34.4 Å². The number of nitrogens with one attached hydrogen (secondary N) is 1. The molecular formula is C24H23Cl2IN2O2S. The molecule has 0 bridgehead atoms. The molecule has 168 valence electrons. The molecule has 3 aromatic rings. The number of phenols is 1. The van der Waals surface area contributed by atoms with Gasteiger partial charge < -0.3 is 16.2 Å². The van der Waals surface area contributed by atoms with Crippen molar-refractivity contribution in [3.8, 4) is 5.75 Å². The summed E-state index contributed by atoms with van der Waals surface area (Å²) in [6, 6.07) is 16.7. The van der Waals surface area contributed by atoms with Crippen molar-refractivity contribution in [1.82, 2.24) is 5.32 Å². The van der Waals surface area contributed by atoms with Gasteiger partial charge in [0.2, 0.25) is 5.91 Å². The first-order valence-corrected chi connectivity index (χ1v) is 12.8. The number of aromatic hydroxyl groups is 1. The number of halogens is 3. The SMILES string of the molecule is Cc1cc(CCNC(=O)CSC(c2cc(Cl)ccc2N)c2ccccc2Cl)cc(I)c1O. The number of thioether (sulfide) groups is 1. The van der Waals surface area contributed by atoms with Gasteiger partial charge in [0.25, 0.3) is 0 Å². The second kappa shape index (κ2) is 11.5. The zero-order chi connectivity index (χ0) is 23.3. The minimum absolute atomic E-state index is 0.0714. The van der Waals surface area contributed by atoms with Gasteiger partial charge in [0.15, 0.2) is 0 Å². The van der Waals surface area contributed by atoms with Gasteiger partial charge in [-0.3, -0.25) is 4.79 Å². The molecule has 4 nitrogen and oxygen atoms in total. The van der Waals surface area contributed by atoms with E-state index in [4.69, 9.17) is 28.9 Å². The van der Waals surface area contributed by atoms with E-state index in [2.05, 4.69) is 27.9 Å². The van der Waals surface area contributed by atoms with Crippen LogP contribution in [0.2, 0.25) is 10.0 Å². The van der Waals surface area contributed by atoms with Crippen LogP contribution in [0.25, 0.3) is 0 Å². The molecule has 0 saturated carbocycles. The van der Waals surface area contributed by atoms with E-state index in [1.165, 1.54) is 11.8 Å². The number of hydrogen-bond donors (Lipinski definition) is 3. The molecule has 3 aromatic carbocycles. The predicted octanol–water partition coefficient (Wildman–Crippen LogP) is 6.38. The molecule has 4 N–H and O–H groups in total. The molecule has 0 spiro atoms. The number of hydrogen-bond acceptors (Lipinski definition) is 4. The second-order valence-electron chi connectivity index (χ2n) is 7.33. The molecule has 32 heavy (non-hydrogen) atoms. The molecular weight excluding hydrogens is 578 g/mol. The van der Waals surface area contributed by atoms with Crippen LogP contribution < -0.4 is 11.1 Å². The third kappa shape index (κ3) is 6.47. The number of nitrogen functional groups attached to an aromatic ring is 1. The Bertz CT molecular complexity index is 1100. The fourth-order valence-corrected chi connectivity index (χ4v) is 5.82. The fraction of sp³-hybridized carbons (Fsp3) is 0.208. The van der Waals surface area contributed by atoms with Gasteiger partial charge in [0.05, 0.1) is 14.6 Å². The maximum Gasteiger partial charge on any atom is 0.230 e. The molecule has 8 heteroatoms. The summed E-state index contributed by atoms with van der Waals surface area (Å²) in [5, 5.41) is 13.8. The molecule has 0 heterocycles. The second-order valence-corrected chi connectivity index (χ2v) is 10.4. The molecule has 0 aromatic heterocycles. The third-order valence-corrected chi connectivity index (χ3v) is 7.62. The lowest BCUT2D eigenvalue weighted by atomic mass is 10.0. The monoisotopic (exact) mass is 600 g/mol. The van der Waals surface area contributed by atoms with Gasteiger partial charge in [-0.25, -0.2) is 0 Å². The highest BCUT2D eigenvalue weighted by molar-refractivity contribution is 14.1. The summed E-state index contributed by atoms with van der Waals surface area (Å²) in [5.74, 6) is 0.479. The van der Waals surface area contributed by atoms with Gasteiger partial charge in [0, 0.05) is 22.3 Å². The van der Waals surface area contributed by atoms with Crippen LogP contribution in [0.15, 0.2) is 54.6 Å². The van der Waals surface area contributed by atoms with Crippen molar-refractivity contribution >= 4 is 69.1 Å². The molecule has 0 aliphatic rings. The zero-order valence-corrected chi connectivity index (χ0v) is 21.9. The first-order valence-electron chi connectivity index (χ1n) is 9.92. The van der Waals surface area contributed by atoms with E-state index in [-0.39, 0.29) is 16.9 Å². The highest BCUT2D eigenvalue weighted by Gasteiger charge is 2.21. The van der Waals surface area contributed by atoms with Crippen LogP contribution >= 0.6 is 57.6 Å². The van der Waals surface area contributed by atoms with Crippen LogP contribution in [0.3, 0.4) is 0 Å². The Morgan fingerprint density at radius 1 is 1.16 bits per heavy atom. The maximum absolute atomic E-state index is 12.6. The molecule has 0 fully saturated rings. The lowest BCUT2D eigenvalue weighted by molar-refractivity contribution is -0.118. The van der Waals surface area contributed by atoms with Gasteiger partial charge in [-0.1, -0.05) is 47.5 Å². The summed E-state index contributed by atoms with van der Waals surface area (Å²) in [6.07, 6.45) is 0.683. The summed E-state index contributed by atoms with van der Waals surface area (Å²) in [7, 11) is 0.